The molecule has 2 fully saturated rings. The van der Waals surface area contributed by atoms with Crippen LogP contribution >= 0.6 is 0 Å². The predicted molar refractivity (Wildman–Crippen MR) is 68.9 cm³/mol. The van der Waals surface area contributed by atoms with E-state index in [-0.39, 0.29) is 6.29 Å². The highest BCUT2D eigenvalue weighted by molar-refractivity contribution is 4.86. The fourth-order valence-electron chi connectivity index (χ4n) is 3.58. The van der Waals surface area contributed by atoms with E-state index in [4.69, 9.17) is 9.47 Å². The van der Waals surface area contributed by atoms with Crippen LogP contribution in [0.2, 0.25) is 0 Å². The molecular weight excluding hydrogens is 214 g/mol. The van der Waals surface area contributed by atoms with Crippen molar-refractivity contribution in [3.05, 3.63) is 0 Å². The molecule has 0 amide bonds. The lowest BCUT2D eigenvalue weighted by molar-refractivity contribution is -0.101. The van der Waals surface area contributed by atoms with Crippen molar-refractivity contribution in [3.8, 4) is 0 Å². The smallest absolute Gasteiger partial charge is 0.169 e. The molecule has 2 saturated carbocycles. The van der Waals surface area contributed by atoms with Gasteiger partial charge in [-0.3, -0.25) is 0 Å². The Kier molecular flexibility index (Phi) is 5.26. The van der Waals surface area contributed by atoms with Gasteiger partial charge in [-0.05, 0) is 31.1 Å². The van der Waals surface area contributed by atoms with Crippen LogP contribution in [0.1, 0.15) is 44.9 Å². The van der Waals surface area contributed by atoms with Gasteiger partial charge in [0.1, 0.15) is 0 Å². The second-order valence-corrected chi connectivity index (χ2v) is 5.62. The van der Waals surface area contributed by atoms with Crippen molar-refractivity contribution in [2.24, 2.45) is 11.8 Å². The minimum absolute atomic E-state index is 0.0981. The van der Waals surface area contributed by atoms with Crippen molar-refractivity contribution in [1.29, 1.82) is 0 Å². The van der Waals surface area contributed by atoms with E-state index in [1.54, 1.807) is 14.2 Å². The molecular formula is C14H27NO2. The Balaban J connectivity index is 1.72. The van der Waals surface area contributed by atoms with Gasteiger partial charge in [-0.2, -0.15) is 0 Å². The van der Waals surface area contributed by atoms with Gasteiger partial charge in [0, 0.05) is 26.8 Å². The monoisotopic (exact) mass is 241 g/mol. The highest BCUT2D eigenvalue weighted by Gasteiger charge is 2.31. The van der Waals surface area contributed by atoms with E-state index in [1.165, 1.54) is 44.9 Å². The van der Waals surface area contributed by atoms with Crippen LogP contribution in [-0.4, -0.2) is 33.1 Å². The zero-order chi connectivity index (χ0) is 12.1. The van der Waals surface area contributed by atoms with Crippen molar-refractivity contribution in [1.82, 2.24) is 5.32 Å². The van der Waals surface area contributed by atoms with Gasteiger partial charge in [-0.15, -0.1) is 0 Å². The zero-order valence-electron chi connectivity index (χ0n) is 11.3. The molecule has 0 saturated heterocycles. The summed E-state index contributed by atoms with van der Waals surface area (Å²) >= 11 is 0. The third kappa shape index (κ3) is 3.67. The first-order valence-electron chi connectivity index (χ1n) is 7.12. The molecule has 2 aliphatic rings. The molecule has 3 atom stereocenters. The molecule has 1 N–H and O–H groups in total. The summed E-state index contributed by atoms with van der Waals surface area (Å²) in [6.45, 7) is 0.815. The van der Waals surface area contributed by atoms with Gasteiger partial charge in [-0.1, -0.05) is 25.7 Å². The fourth-order valence-corrected chi connectivity index (χ4v) is 3.58. The van der Waals surface area contributed by atoms with Crippen LogP contribution in [0.15, 0.2) is 0 Å². The molecule has 2 rings (SSSR count). The summed E-state index contributed by atoms with van der Waals surface area (Å²) in [6, 6.07) is 0.683. The maximum atomic E-state index is 5.21. The first-order chi connectivity index (χ1) is 8.33. The Morgan fingerprint density at radius 2 is 1.71 bits per heavy atom. The number of hydrogen-bond donors (Lipinski definition) is 1. The van der Waals surface area contributed by atoms with Gasteiger partial charge in [0.15, 0.2) is 6.29 Å². The van der Waals surface area contributed by atoms with Crippen molar-refractivity contribution < 1.29 is 9.47 Å². The largest absolute Gasteiger partial charge is 0.355 e. The maximum absolute atomic E-state index is 5.21. The highest BCUT2D eigenvalue weighted by atomic mass is 16.7. The average Bonchev–Trinajstić information content (AvgIpc) is 2.40. The van der Waals surface area contributed by atoms with Crippen molar-refractivity contribution in [2.45, 2.75) is 57.3 Å². The average molecular weight is 241 g/mol. The molecule has 0 radical (unpaired) electrons. The van der Waals surface area contributed by atoms with E-state index in [0.717, 1.165) is 18.4 Å². The molecule has 17 heavy (non-hydrogen) atoms. The SMILES string of the molecule is COC(CNC1CCC2CCCCC2C1)OC. The quantitative estimate of drug-likeness (QED) is 0.750. The molecule has 100 valence electrons. The van der Waals surface area contributed by atoms with Gasteiger partial charge in [0.2, 0.25) is 0 Å². The van der Waals surface area contributed by atoms with E-state index in [1.807, 2.05) is 0 Å². The summed E-state index contributed by atoms with van der Waals surface area (Å²) in [5.41, 5.74) is 0. The van der Waals surface area contributed by atoms with Crippen molar-refractivity contribution in [3.63, 3.8) is 0 Å². The zero-order valence-corrected chi connectivity index (χ0v) is 11.3. The molecule has 0 spiro atoms. The molecule has 3 heteroatoms. The molecule has 2 aliphatic carbocycles. The van der Waals surface area contributed by atoms with Gasteiger partial charge >= 0.3 is 0 Å². The van der Waals surface area contributed by atoms with Crippen molar-refractivity contribution >= 4 is 0 Å². The Morgan fingerprint density at radius 3 is 2.41 bits per heavy atom. The standard InChI is InChI=1S/C14H27NO2/c1-16-14(17-2)10-15-13-8-7-11-5-3-4-6-12(11)9-13/h11-15H,3-10H2,1-2H3. The Bertz CT molecular complexity index is 218. The van der Waals surface area contributed by atoms with Crippen LogP contribution in [0.5, 0.6) is 0 Å². The Hall–Kier alpha value is -0.120. The normalized spacial score (nSPS) is 33.7. The molecule has 0 aromatic rings. The lowest BCUT2D eigenvalue weighted by Gasteiger charge is -2.39. The van der Waals surface area contributed by atoms with Gasteiger partial charge in [-0.25, -0.2) is 0 Å². The fraction of sp³-hybridized carbons (Fsp3) is 1.00. The van der Waals surface area contributed by atoms with Gasteiger partial charge < -0.3 is 14.8 Å². The highest BCUT2D eigenvalue weighted by Crippen LogP contribution is 2.40. The molecule has 0 heterocycles. The third-order valence-electron chi connectivity index (χ3n) is 4.64. The molecule has 0 aromatic heterocycles. The Labute approximate surface area is 105 Å². The van der Waals surface area contributed by atoms with Crippen LogP contribution < -0.4 is 5.32 Å². The molecule has 0 aliphatic heterocycles. The minimum Gasteiger partial charge on any atom is -0.355 e. The lowest BCUT2D eigenvalue weighted by Crippen LogP contribution is -2.42. The van der Waals surface area contributed by atoms with Crippen LogP contribution in [0.25, 0.3) is 0 Å². The summed E-state index contributed by atoms with van der Waals surface area (Å²) in [4.78, 5) is 0. The van der Waals surface area contributed by atoms with E-state index in [0.29, 0.717) is 6.04 Å². The number of fused-ring (bicyclic) bond motifs is 1. The topological polar surface area (TPSA) is 30.5 Å². The third-order valence-corrected chi connectivity index (χ3v) is 4.64. The molecule has 0 aromatic carbocycles. The summed E-state index contributed by atoms with van der Waals surface area (Å²) in [5.74, 6) is 2.01. The predicted octanol–water partition coefficient (Wildman–Crippen LogP) is 2.55. The van der Waals surface area contributed by atoms with Crippen LogP contribution in [0.4, 0.5) is 0 Å². The summed E-state index contributed by atoms with van der Waals surface area (Å²) in [7, 11) is 3.40. The lowest BCUT2D eigenvalue weighted by atomic mass is 9.69. The number of rotatable bonds is 5. The van der Waals surface area contributed by atoms with Crippen LogP contribution in [0.3, 0.4) is 0 Å². The first kappa shape index (κ1) is 13.3. The van der Waals surface area contributed by atoms with E-state index in [2.05, 4.69) is 5.32 Å². The summed E-state index contributed by atoms with van der Waals surface area (Å²) < 4.78 is 10.4. The van der Waals surface area contributed by atoms with Gasteiger partial charge in [0.05, 0.1) is 0 Å². The van der Waals surface area contributed by atoms with Crippen LogP contribution in [0, 0.1) is 11.8 Å². The Morgan fingerprint density at radius 1 is 1.00 bits per heavy atom. The molecule has 0 bridgehead atoms. The van der Waals surface area contributed by atoms with Gasteiger partial charge in [0.25, 0.3) is 0 Å². The number of hydrogen-bond acceptors (Lipinski definition) is 3. The minimum atomic E-state index is -0.0981. The van der Waals surface area contributed by atoms with E-state index in [9.17, 15) is 0 Å². The molecule has 3 unspecified atom stereocenters. The second kappa shape index (κ2) is 6.72. The second-order valence-electron chi connectivity index (χ2n) is 5.62. The maximum Gasteiger partial charge on any atom is 0.169 e. The number of methoxy groups -OCH3 is 2. The summed E-state index contributed by atoms with van der Waals surface area (Å²) in [6.07, 6.45) is 9.89. The molecule has 3 nitrogen and oxygen atoms in total. The van der Waals surface area contributed by atoms with Crippen LogP contribution in [-0.2, 0) is 9.47 Å². The summed E-state index contributed by atoms with van der Waals surface area (Å²) in [5, 5.41) is 3.61. The number of ether oxygens (including phenoxy) is 2. The van der Waals surface area contributed by atoms with E-state index >= 15 is 0 Å². The number of nitrogens with one attached hydrogen (secondary N) is 1. The first-order valence-corrected chi connectivity index (χ1v) is 7.12. The van der Waals surface area contributed by atoms with Crippen molar-refractivity contribution in [2.75, 3.05) is 20.8 Å². The van der Waals surface area contributed by atoms with E-state index < -0.39 is 0 Å².